The van der Waals surface area contributed by atoms with Crippen molar-refractivity contribution < 1.29 is 14.1 Å². The van der Waals surface area contributed by atoms with Crippen LogP contribution in [0.4, 0.5) is 11.5 Å². The standard InChI is InChI=1S/C26H35ClN4O3Si/c1-16(2)35(17(3)4,18(5)6)34-24-12-10-20(14-22(24)27)30-25-21-13-19(26(32)31(7)33-8)9-11-23(21)28-15-29-25/h9-18H,1-8H3,(H,28,29,30). The Morgan fingerprint density at radius 3 is 2.23 bits per heavy atom. The Morgan fingerprint density at radius 2 is 1.66 bits per heavy atom. The summed E-state index contributed by atoms with van der Waals surface area (Å²) in [6.45, 7) is 13.5. The topological polar surface area (TPSA) is 76.6 Å². The fraction of sp³-hybridized carbons (Fsp3) is 0.423. The van der Waals surface area contributed by atoms with Crippen LogP contribution in [0.2, 0.25) is 21.6 Å². The lowest BCUT2D eigenvalue weighted by Crippen LogP contribution is -2.50. The van der Waals surface area contributed by atoms with Crippen LogP contribution in [0.25, 0.3) is 10.9 Å². The average molecular weight is 515 g/mol. The molecule has 1 N–H and O–H groups in total. The van der Waals surface area contributed by atoms with Crippen molar-refractivity contribution in [3.63, 3.8) is 0 Å². The second-order valence-corrected chi connectivity index (χ2v) is 15.4. The Morgan fingerprint density at radius 1 is 1.00 bits per heavy atom. The SMILES string of the molecule is CON(C)C(=O)c1ccc2ncnc(Nc3ccc(O[Si](C(C)C)(C(C)C)C(C)C)c(Cl)c3)c2c1. The van der Waals surface area contributed by atoms with Crippen molar-refractivity contribution in [3.05, 3.63) is 53.3 Å². The van der Waals surface area contributed by atoms with Gasteiger partial charge in [0, 0.05) is 23.7 Å². The van der Waals surface area contributed by atoms with Crippen LogP contribution in [0.5, 0.6) is 5.75 Å². The van der Waals surface area contributed by atoms with Crippen molar-refractivity contribution in [2.75, 3.05) is 19.5 Å². The molecule has 7 nitrogen and oxygen atoms in total. The van der Waals surface area contributed by atoms with Gasteiger partial charge in [-0.25, -0.2) is 15.0 Å². The second-order valence-electron chi connectivity index (χ2n) is 9.63. The molecule has 1 heterocycles. The van der Waals surface area contributed by atoms with E-state index in [0.717, 1.165) is 5.69 Å². The van der Waals surface area contributed by atoms with Crippen molar-refractivity contribution >= 4 is 48.2 Å². The van der Waals surface area contributed by atoms with Crippen molar-refractivity contribution in [2.24, 2.45) is 0 Å². The van der Waals surface area contributed by atoms with E-state index in [1.807, 2.05) is 18.2 Å². The highest BCUT2D eigenvalue weighted by molar-refractivity contribution is 6.78. The summed E-state index contributed by atoms with van der Waals surface area (Å²) < 4.78 is 6.77. The summed E-state index contributed by atoms with van der Waals surface area (Å²) in [6.07, 6.45) is 1.49. The number of halogens is 1. The third-order valence-corrected chi connectivity index (χ3v) is 12.9. The van der Waals surface area contributed by atoms with Gasteiger partial charge in [0.25, 0.3) is 14.2 Å². The fourth-order valence-electron chi connectivity index (χ4n) is 4.90. The number of amides is 1. The zero-order valence-electron chi connectivity index (χ0n) is 21.7. The lowest BCUT2D eigenvalue weighted by Gasteiger charge is -2.42. The number of benzene rings is 2. The molecule has 0 fully saturated rings. The van der Waals surface area contributed by atoms with Gasteiger partial charge >= 0.3 is 0 Å². The second kappa shape index (κ2) is 10.9. The van der Waals surface area contributed by atoms with E-state index in [2.05, 4.69) is 56.8 Å². The van der Waals surface area contributed by atoms with Crippen molar-refractivity contribution in [1.29, 1.82) is 0 Å². The summed E-state index contributed by atoms with van der Waals surface area (Å²) in [6, 6.07) is 11.0. The highest BCUT2D eigenvalue weighted by Gasteiger charge is 2.47. The molecule has 0 aliphatic rings. The summed E-state index contributed by atoms with van der Waals surface area (Å²) in [5.41, 5.74) is 3.28. The minimum atomic E-state index is -2.13. The maximum Gasteiger partial charge on any atom is 0.277 e. The third kappa shape index (κ3) is 5.44. The largest absolute Gasteiger partial charge is 0.542 e. The van der Waals surface area contributed by atoms with E-state index in [0.29, 0.717) is 49.7 Å². The molecule has 3 rings (SSSR count). The number of hydrogen-bond donors (Lipinski definition) is 1. The molecule has 0 bridgehead atoms. The highest BCUT2D eigenvalue weighted by atomic mass is 35.5. The Hall–Kier alpha value is -2.68. The maximum absolute atomic E-state index is 12.5. The first kappa shape index (κ1) is 26.9. The molecule has 2 aromatic carbocycles. The van der Waals surface area contributed by atoms with E-state index in [1.165, 1.54) is 18.5 Å². The molecule has 1 amide bonds. The predicted octanol–water partition coefficient (Wildman–Crippen LogP) is 7.21. The quantitative estimate of drug-likeness (QED) is 0.240. The monoisotopic (exact) mass is 514 g/mol. The number of carbonyl (C=O) groups excluding carboxylic acids is 1. The van der Waals surface area contributed by atoms with Crippen LogP contribution in [-0.2, 0) is 4.84 Å². The normalized spacial score (nSPS) is 12.0. The van der Waals surface area contributed by atoms with E-state index >= 15 is 0 Å². The summed E-state index contributed by atoms with van der Waals surface area (Å²) in [4.78, 5) is 26.3. The molecular weight excluding hydrogens is 480 g/mol. The van der Waals surface area contributed by atoms with Gasteiger partial charge in [0.2, 0.25) is 0 Å². The van der Waals surface area contributed by atoms with Gasteiger partial charge in [0.1, 0.15) is 17.9 Å². The number of aromatic nitrogens is 2. The summed E-state index contributed by atoms with van der Waals surface area (Å²) >= 11 is 6.71. The number of nitrogens with one attached hydrogen (secondary N) is 1. The first-order valence-electron chi connectivity index (χ1n) is 11.8. The van der Waals surface area contributed by atoms with Crippen molar-refractivity contribution in [1.82, 2.24) is 15.0 Å². The van der Waals surface area contributed by atoms with E-state index in [4.69, 9.17) is 20.9 Å². The lowest BCUT2D eigenvalue weighted by molar-refractivity contribution is -0.0756. The zero-order valence-corrected chi connectivity index (χ0v) is 23.5. The molecule has 0 radical (unpaired) electrons. The van der Waals surface area contributed by atoms with Crippen molar-refractivity contribution in [3.8, 4) is 5.75 Å². The Balaban J connectivity index is 1.94. The first-order chi connectivity index (χ1) is 16.5. The molecule has 1 aromatic heterocycles. The molecule has 0 saturated heterocycles. The maximum atomic E-state index is 12.5. The average Bonchev–Trinajstić information content (AvgIpc) is 2.81. The molecular formula is C26H35ClN4O3Si. The molecule has 0 atom stereocenters. The predicted molar refractivity (Wildman–Crippen MR) is 145 cm³/mol. The molecule has 0 aliphatic heterocycles. The molecule has 0 unspecified atom stereocenters. The van der Waals surface area contributed by atoms with Crippen LogP contribution in [-0.4, -0.2) is 43.4 Å². The van der Waals surface area contributed by atoms with Gasteiger partial charge in [0.15, 0.2) is 0 Å². The van der Waals surface area contributed by atoms with Gasteiger partial charge in [-0.2, -0.15) is 0 Å². The molecule has 35 heavy (non-hydrogen) atoms. The van der Waals surface area contributed by atoms with Gasteiger partial charge in [-0.05, 0) is 53.0 Å². The Bertz CT molecular complexity index is 1180. The number of carbonyl (C=O) groups is 1. The van der Waals surface area contributed by atoms with Gasteiger partial charge in [-0.15, -0.1) is 0 Å². The van der Waals surface area contributed by atoms with Gasteiger partial charge in [-0.1, -0.05) is 53.1 Å². The van der Waals surface area contributed by atoms with Crippen LogP contribution in [0.15, 0.2) is 42.7 Å². The number of rotatable bonds is 9. The minimum absolute atomic E-state index is 0.262. The van der Waals surface area contributed by atoms with Crippen LogP contribution >= 0.6 is 11.6 Å². The number of hydrogen-bond acceptors (Lipinski definition) is 6. The zero-order chi connectivity index (χ0) is 25.9. The number of hydroxylamine groups is 2. The van der Waals surface area contributed by atoms with Crippen molar-refractivity contribution in [2.45, 2.75) is 58.2 Å². The smallest absolute Gasteiger partial charge is 0.277 e. The van der Waals surface area contributed by atoms with Crippen LogP contribution < -0.4 is 9.74 Å². The molecule has 3 aromatic rings. The molecule has 0 spiro atoms. The highest BCUT2D eigenvalue weighted by Crippen LogP contribution is 2.44. The molecule has 9 heteroatoms. The summed E-state index contributed by atoms with van der Waals surface area (Å²) in [5, 5.41) is 5.75. The first-order valence-corrected chi connectivity index (χ1v) is 14.4. The Labute approximate surface area is 213 Å². The summed E-state index contributed by atoms with van der Waals surface area (Å²) in [7, 11) is 0.881. The minimum Gasteiger partial charge on any atom is -0.542 e. The van der Waals surface area contributed by atoms with Crippen LogP contribution in [0, 0.1) is 0 Å². The third-order valence-electron chi connectivity index (χ3n) is 6.63. The van der Waals surface area contributed by atoms with E-state index in [-0.39, 0.29) is 5.91 Å². The number of fused-ring (bicyclic) bond motifs is 1. The molecule has 0 saturated carbocycles. The van der Waals surface area contributed by atoms with Crippen LogP contribution in [0.1, 0.15) is 51.9 Å². The van der Waals surface area contributed by atoms with Gasteiger partial charge in [0.05, 0.1) is 17.6 Å². The number of anilines is 2. The van der Waals surface area contributed by atoms with Crippen LogP contribution in [0.3, 0.4) is 0 Å². The Kier molecular flexibility index (Phi) is 8.40. The van der Waals surface area contributed by atoms with E-state index < -0.39 is 8.32 Å². The molecule has 0 aliphatic carbocycles. The van der Waals surface area contributed by atoms with Gasteiger partial charge in [-0.3, -0.25) is 9.63 Å². The summed E-state index contributed by atoms with van der Waals surface area (Å²) in [5.74, 6) is 1.02. The van der Waals surface area contributed by atoms with Gasteiger partial charge < -0.3 is 9.74 Å². The molecule has 188 valence electrons. The fourth-order valence-corrected chi connectivity index (χ4v) is 10.4. The van der Waals surface area contributed by atoms with E-state index in [9.17, 15) is 4.79 Å². The van der Waals surface area contributed by atoms with E-state index in [1.54, 1.807) is 25.2 Å². The lowest BCUT2D eigenvalue weighted by atomic mass is 10.1. The number of nitrogens with zero attached hydrogens (tertiary/aromatic N) is 3.